The predicted molar refractivity (Wildman–Crippen MR) is 83.0 cm³/mol. The Balaban J connectivity index is 2.93. The molecule has 0 radical (unpaired) electrons. The van der Waals surface area contributed by atoms with Gasteiger partial charge in [-0.05, 0) is 44.8 Å². The summed E-state index contributed by atoms with van der Waals surface area (Å²) in [5.74, 6) is 0.798. The van der Waals surface area contributed by atoms with E-state index >= 15 is 0 Å². The first-order valence-electron chi connectivity index (χ1n) is 6.11. The molecule has 1 aromatic rings. The Morgan fingerprint density at radius 1 is 1.25 bits per heavy atom. The molecule has 0 bridgehead atoms. The summed E-state index contributed by atoms with van der Waals surface area (Å²) in [5, 5.41) is 0. The van der Waals surface area contributed by atoms with Crippen molar-refractivity contribution in [3.63, 3.8) is 0 Å². The van der Waals surface area contributed by atoms with Crippen molar-refractivity contribution in [1.29, 1.82) is 0 Å². The van der Waals surface area contributed by atoms with E-state index in [1.807, 2.05) is 26.0 Å². The number of nitrogens with zero attached hydrogens (tertiary/aromatic N) is 1. The van der Waals surface area contributed by atoms with Gasteiger partial charge in [0, 0.05) is 0 Å². The minimum Gasteiger partial charge on any atom is -0.399 e. The van der Waals surface area contributed by atoms with Crippen LogP contribution in [0.1, 0.15) is 13.8 Å². The Labute approximate surface area is 119 Å². The topological polar surface area (TPSA) is 47.9 Å². The van der Waals surface area contributed by atoms with Gasteiger partial charge in [-0.2, -0.15) is 4.76 Å². The summed E-state index contributed by atoms with van der Waals surface area (Å²) in [7, 11) is -3.69. The van der Waals surface area contributed by atoms with Crippen LogP contribution >= 0.6 is 7.75 Å². The van der Waals surface area contributed by atoms with Crippen LogP contribution in [0.4, 0.5) is 0 Å². The lowest BCUT2D eigenvalue weighted by Gasteiger charge is -2.15. The Hall–Kier alpha value is -2.06. The maximum Gasteiger partial charge on any atom is 0.562 e. The number of hydrogen-bond donors (Lipinski definition) is 0. The molecule has 0 aliphatic rings. The molecular weight excluding hydrogens is 273 g/mol. The van der Waals surface area contributed by atoms with Crippen molar-refractivity contribution in [2.75, 3.05) is 0 Å². The molecule has 0 saturated heterocycles. The Morgan fingerprint density at radius 3 is 2.50 bits per heavy atom. The molecule has 1 aromatic carbocycles. The van der Waals surface area contributed by atoms with Gasteiger partial charge in [-0.1, -0.05) is 36.4 Å². The minimum atomic E-state index is -3.69. The van der Waals surface area contributed by atoms with E-state index in [0.29, 0.717) is 11.5 Å². The lowest BCUT2D eigenvalue weighted by molar-refractivity contribution is 0.340. The summed E-state index contributed by atoms with van der Waals surface area (Å²) in [6.07, 6.45) is 8.71. The average Bonchev–Trinajstić information content (AvgIpc) is 2.46. The van der Waals surface area contributed by atoms with E-state index in [2.05, 4.69) is 11.5 Å². The summed E-state index contributed by atoms with van der Waals surface area (Å²) in [4.78, 5) is 0. The molecule has 0 aliphatic heterocycles. The van der Waals surface area contributed by atoms with Crippen LogP contribution in [0, 0.1) is 0 Å². The second kappa shape index (κ2) is 8.18. The van der Waals surface area contributed by atoms with Crippen LogP contribution < -0.4 is 4.52 Å². The first-order valence-corrected chi connectivity index (χ1v) is 7.61. The maximum atomic E-state index is 12.4. The third-order valence-corrected chi connectivity index (χ3v) is 3.37. The lowest BCUT2D eigenvalue weighted by Crippen LogP contribution is -1.95. The van der Waals surface area contributed by atoms with Gasteiger partial charge in [0.15, 0.2) is 0 Å². The SMILES string of the molecule is C=NP(=O)(OC(/C=C\C)=C/C=C\C)Oc1ccccc1. The van der Waals surface area contributed by atoms with Gasteiger partial charge in [0.1, 0.15) is 11.5 Å². The number of benzene rings is 1. The molecule has 1 rings (SSSR count). The van der Waals surface area contributed by atoms with Gasteiger partial charge in [0.25, 0.3) is 0 Å². The molecule has 20 heavy (non-hydrogen) atoms. The highest BCUT2D eigenvalue weighted by molar-refractivity contribution is 7.53. The number of rotatable bonds is 7. The molecule has 0 amide bonds. The summed E-state index contributed by atoms with van der Waals surface area (Å²) in [6, 6.07) is 8.71. The summed E-state index contributed by atoms with van der Waals surface area (Å²) in [5.41, 5.74) is 0. The fraction of sp³-hybridized carbons (Fsp3) is 0.133. The zero-order valence-corrected chi connectivity index (χ0v) is 12.5. The molecule has 0 spiro atoms. The highest BCUT2D eigenvalue weighted by atomic mass is 31.2. The van der Waals surface area contributed by atoms with Crippen molar-refractivity contribution in [3.8, 4) is 5.75 Å². The molecule has 1 unspecified atom stereocenters. The molecule has 5 heteroatoms. The van der Waals surface area contributed by atoms with Gasteiger partial charge in [0.05, 0.1) is 0 Å². The van der Waals surface area contributed by atoms with E-state index < -0.39 is 7.75 Å². The fourth-order valence-corrected chi connectivity index (χ4v) is 2.22. The van der Waals surface area contributed by atoms with Crippen molar-refractivity contribution in [1.82, 2.24) is 0 Å². The van der Waals surface area contributed by atoms with Crippen molar-refractivity contribution in [3.05, 3.63) is 66.5 Å². The normalized spacial score (nSPS) is 15.2. The van der Waals surface area contributed by atoms with Crippen LogP contribution in [0.5, 0.6) is 5.75 Å². The average molecular weight is 291 g/mol. The first-order chi connectivity index (χ1) is 9.63. The van der Waals surface area contributed by atoms with Crippen molar-refractivity contribution in [2.24, 2.45) is 4.76 Å². The van der Waals surface area contributed by atoms with Crippen molar-refractivity contribution in [2.45, 2.75) is 13.8 Å². The quantitative estimate of drug-likeness (QED) is 0.310. The monoisotopic (exact) mass is 291 g/mol. The molecule has 106 valence electrons. The van der Waals surface area contributed by atoms with Crippen LogP contribution in [0.25, 0.3) is 0 Å². The van der Waals surface area contributed by atoms with Crippen LogP contribution in [-0.4, -0.2) is 6.72 Å². The van der Waals surface area contributed by atoms with Crippen LogP contribution in [0.3, 0.4) is 0 Å². The van der Waals surface area contributed by atoms with E-state index in [0.717, 1.165) is 0 Å². The molecule has 0 aliphatic carbocycles. The maximum absolute atomic E-state index is 12.4. The lowest BCUT2D eigenvalue weighted by atomic mass is 10.3. The summed E-state index contributed by atoms with van der Waals surface area (Å²) >= 11 is 0. The van der Waals surface area contributed by atoms with Gasteiger partial charge in [-0.3, -0.25) is 0 Å². The smallest absolute Gasteiger partial charge is 0.399 e. The minimum absolute atomic E-state index is 0.386. The van der Waals surface area contributed by atoms with E-state index in [1.165, 1.54) is 0 Å². The van der Waals surface area contributed by atoms with Gasteiger partial charge in [-0.15, -0.1) is 0 Å². The highest BCUT2D eigenvalue weighted by Crippen LogP contribution is 2.51. The Morgan fingerprint density at radius 2 is 1.95 bits per heavy atom. The Kier molecular flexibility index (Phi) is 6.54. The molecule has 0 N–H and O–H groups in total. The van der Waals surface area contributed by atoms with Crippen LogP contribution in [0.2, 0.25) is 0 Å². The standard InChI is InChI=1S/C15H18NO3P/c1-4-6-11-14(10-5-2)18-20(17,16-3)19-15-12-8-7-9-13-15/h4-13H,3H2,1-2H3/b6-4-,10-5-,14-11+. The molecule has 0 heterocycles. The highest BCUT2D eigenvalue weighted by Gasteiger charge is 2.26. The molecule has 1 atom stereocenters. The van der Waals surface area contributed by atoms with E-state index in [9.17, 15) is 4.57 Å². The van der Waals surface area contributed by atoms with E-state index in [4.69, 9.17) is 9.05 Å². The number of para-hydroxylation sites is 1. The van der Waals surface area contributed by atoms with E-state index in [-0.39, 0.29) is 0 Å². The van der Waals surface area contributed by atoms with Crippen molar-refractivity contribution < 1.29 is 13.6 Å². The Bertz CT molecular complexity index is 562. The molecular formula is C15H18NO3P. The van der Waals surface area contributed by atoms with Crippen molar-refractivity contribution >= 4 is 14.5 Å². The van der Waals surface area contributed by atoms with Gasteiger partial charge < -0.3 is 9.05 Å². The fourth-order valence-electron chi connectivity index (χ4n) is 1.30. The zero-order chi connectivity index (χ0) is 14.8. The van der Waals surface area contributed by atoms with Gasteiger partial charge in [0.2, 0.25) is 0 Å². The van der Waals surface area contributed by atoms with Crippen LogP contribution in [-0.2, 0) is 9.09 Å². The first kappa shape index (κ1) is 16.0. The molecule has 0 aromatic heterocycles. The molecule has 0 fully saturated rings. The van der Waals surface area contributed by atoms with Gasteiger partial charge >= 0.3 is 7.75 Å². The zero-order valence-electron chi connectivity index (χ0n) is 11.6. The third-order valence-electron chi connectivity index (χ3n) is 2.14. The summed E-state index contributed by atoms with van der Waals surface area (Å²) < 4.78 is 26.6. The second-order valence-electron chi connectivity index (χ2n) is 3.70. The largest absolute Gasteiger partial charge is 0.562 e. The molecule has 0 saturated carbocycles. The van der Waals surface area contributed by atoms with Gasteiger partial charge in [-0.25, -0.2) is 4.57 Å². The molecule has 4 nitrogen and oxygen atoms in total. The summed E-state index contributed by atoms with van der Waals surface area (Å²) in [6.45, 7) is 6.99. The van der Waals surface area contributed by atoms with Crippen LogP contribution in [0.15, 0.2) is 71.2 Å². The second-order valence-corrected chi connectivity index (χ2v) is 5.29. The number of hydrogen-bond acceptors (Lipinski definition) is 3. The van der Waals surface area contributed by atoms with E-state index in [1.54, 1.807) is 48.6 Å². The number of allylic oxidation sites excluding steroid dienone is 5. The predicted octanol–water partition coefficient (Wildman–Crippen LogP) is 4.93. The third kappa shape index (κ3) is 5.29.